The Balaban J connectivity index is 2.18. The topological polar surface area (TPSA) is 317 Å². The number of primary amides is 1. The van der Waals surface area contributed by atoms with Crippen LogP contribution in [-0.4, -0.2) is 101 Å². The average Bonchev–Trinajstić information content (AvgIpc) is 3.16. The van der Waals surface area contributed by atoms with Crippen LogP contribution >= 0.6 is 0 Å². The summed E-state index contributed by atoms with van der Waals surface area (Å²) in [6.45, 7) is 5.05. The number of ketones is 1. The van der Waals surface area contributed by atoms with E-state index in [-0.39, 0.29) is 63.6 Å². The minimum absolute atomic E-state index is 0.0481. The van der Waals surface area contributed by atoms with Gasteiger partial charge < -0.3 is 58.3 Å². The summed E-state index contributed by atoms with van der Waals surface area (Å²) < 4.78 is 5.29. The highest BCUT2D eigenvalue weighted by Gasteiger charge is 2.33. The maximum absolute atomic E-state index is 13.6. The normalized spacial score (nSPS) is 13.5. The second-order valence-electron chi connectivity index (χ2n) is 13.8. The van der Waals surface area contributed by atoms with E-state index in [1.54, 1.807) is 54.6 Å². The summed E-state index contributed by atoms with van der Waals surface area (Å²) in [5.41, 5.74) is 12.0. The molecule has 2 aromatic carbocycles. The highest BCUT2D eigenvalue weighted by Crippen LogP contribution is 2.10. The predicted octanol–water partition coefficient (Wildman–Crippen LogP) is -1.06. The van der Waals surface area contributed by atoms with E-state index in [0.29, 0.717) is 5.56 Å². The first-order valence-electron chi connectivity index (χ1n) is 18.5. The van der Waals surface area contributed by atoms with E-state index in [2.05, 4.69) is 31.9 Å². The van der Waals surface area contributed by atoms with Crippen molar-refractivity contribution in [3.63, 3.8) is 0 Å². The van der Waals surface area contributed by atoms with Crippen LogP contribution in [0.25, 0.3) is 0 Å². The number of nitrogens with two attached hydrogens (primary N) is 2. The van der Waals surface area contributed by atoms with Gasteiger partial charge in [-0.25, -0.2) is 4.79 Å². The second-order valence-corrected chi connectivity index (χ2v) is 13.8. The number of amides is 6. The number of rotatable bonds is 24. The van der Waals surface area contributed by atoms with E-state index in [4.69, 9.17) is 21.6 Å². The number of hydrogen-bond acceptors (Lipinski definition) is 11. The first kappa shape index (κ1) is 47.1. The number of carbonyl (C=O) groups excluding carboxylic acids is 7. The van der Waals surface area contributed by atoms with Gasteiger partial charge in [0, 0.05) is 19.4 Å². The molecule has 0 aromatic heterocycles. The smallest absolute Gasteiger partial charge is 0.408 e. The number of Topliss-reactive ketones (excluding diaryl/α,β-unsaturated/α-hetero) is 1. The predicted molar refractivity (Wildman–Crippen MR) is 207 cm³/mol. The van der Waals surface area contributed by atoms with Gasteiger partial charge in [-0.3, -0.25) is 34.2 Å². The van der Waals surface area contributed by atoms with Crippen molar-refractivity contribution in [2.75, 3.05) is 6.54 Å². The summed E-state index contributed by atoms with van der Waals surface area (Å²) in [5, 5.41) is 40.8. The summed E-state index contributed by atoms with van der Waals surface area (Å²) in [4.78, 5) is 91.7. The van der Waals surface area contributed by atoms with Crippen molar-refractivity contribution in [2.24, 2.45) is 17.4 Å². The van der Waals surface area contributed by atoms with Crippen LogP contribution in [0, 0.1) is 11.3 Å². The fourth-order valence-electron chi connectivity index (χ4n) is 5.40. The molecule has 0 aliphatic rings. The van der Waals surface area contributed by atoms with Gasteiger partial charge >= 0.3 is 6.09 Å². The molecule has 19 nitrogen and oxygen atoms in total. The number of carbonyl (C=O) groups is 7. The summed E-state index contributed by atoms with van der Waals surface area (Å²) in [5.74, 6) is -6.19. The molecule has 2 aromatic rings. The highest BCUT2D eigenvalue weighted by molar-refractivity contribution is 6.38. The van der Waals surface area contributed by atoms with Crippen molar-refractivity contribution in [3.05, 3.63) is 71.8 Å². The Hall–Kier alpha value is -6.08. The molecular weight excluding hydrogens is 742 g/mol. The number of guanidine groups is 1. The fraction of sp³-hybridized carbons (Fsp3) is 0.474. The Morgan fingerprint density at radius 3 is 1.81 bits per heavy atom. The fourth-order valence-corrected chi connectivity index (χ4v) is 5.40. The molecule has 0 spiro atoms. The quantitative estimate of drug-likeness (QED) is 0.0199. The lowest BCUT2D eigenvalue weighted by molar-refractivity contribution is -0.141. The molecule has 0 saturated heterocycles. The van der Waals surface area contributed by atoms with Crippen molar-refractivity contribution in [2.45, 2.75) is 102 Å². The number of aliphatic hydroxyl groups is 2. The number of aliphatic hydroxyl groups excluding tert-OH is 1. The molecule has 0 radical (unpaired) electrons. The maximum atomic E-state index is 13.6. The zero-order valence-corrected chi connectivity index (χ0v) is 32.3. The summed E-state index contributed by atoms with van der Waals surface area (Å²) in [7, 11) is 0. The van der Waals surface area contributed by atoms with Gasteiger partial charge in [0.15, 0.2) is 12.2 Å². The molecule has 2 rings (SSSR count). The standard InChI is InChI=1S/C38H55N9O10/c1-22(2)19-29(47-38(56)57-21-25-13-8-5-9-14-25)35(54)46-28(20-24-11-6-4-7-12-24)31(50)36(55)43-23(3)33(52)45-27(16-17-30(48)49)34(53)44-26(32(39)51)15-10-18-42-37(40)41/h4-9,11-14,22-23,26-30,48-49H,10,15-21H2,1-3H3,(H2,39,51)(H,43,55)(H,44,53)(H,45,52)(H,46,54)(H,47,56)(H4,40,41,42). The van der Waals surface area contributed by atoms with Gasteiger partial charge in [0.25, 0.3) is 5.91 Å². The molecule has 0 saturated carbocycles. The van der Waals surface area contributed by atoms with Gasteiger partial charge in [0.1, 0.15) is 36.8 Å². The maximum Gasteiger partial charge on any atom is 0.408 e. The van der Waals surface area contributed by atoms with Crippen LogP contribution in [0.1, 0.15) is 64.0 Å². The Kier molecular flexibility index (Phi) is 20.2. The first-order valence-corrected chi connectivity index (χ1v) is 18.5. The third kappa shape index (κ3) is 18.4. The monoisotopic (exact) mass is 797 g/mol. The Labute approximate surface area is 330 Å². The van der Waals surface area contributed by atoms with Gasteiger partial charge in [0.2, 0.25) is 29.4 Å². The molecule has 57 heavy (non-hydrogen) atoms. The molecule has 0 aliphatic heterocycles. The van der Waals surface area contributed by atoms with Crippen LogP contribution in [0.5, 0.6) is 0 Å². The van der Waals surface area contributed by atoms with Gasteiger partial charge in [-0.2, -0.15) is 0 Å². The molecule has 312 valence electrons. The van der Waals surface area contributed by atoms with Crippen molar-refractivity contribution in [1.82, 2.24) is 31.9 Å². The molecule has 6 amide bonds. The molecule has 5 unspecified atom stereocenters. The Bertz CT molecular complexity index is 1660. The molecule has 0 aliphatic carbocycles. The van der Waals surface area contributed by atoms with E-state index >= 15 is 0 Å². The summed E-state index contributed by atoms with van der Waals surface area (Å²) >= 11 is 0. The van der Waals surface area contributed by atoms with Gasteiger partial charge in [-0.15, -0.1) is 0 Å². The Morgan fingerprint density at radius 1 is 0.684 bits per heavy atom. The summed E-state index contributed by atoms with van der Waals surface area (Å²) in [6, 6.07) is 10.8. The van der Waals surface area contributed by atoms with Crippen LogP contribution < -0.4 is 43.4 Å². The van der Waals surface area contributed by atoms with E-state index < -0.39 is 77.9 Å². The second kappa shape index (κ2) is 24.4. The molecule has 0 heterocycles. The molecule has 13 N–H and O–H groups in total. The minimum atomic E-state index is -1.84. The first-order chi connectivity index (χ1) is 27.0. The number of hydrogen-bond donors (Lipinski definition) is 11. The van der Waals surface area contributed by atoms with Crippen LogP contribution in [0.3, 0.4) is 0 Å². The number of benzene rings is 2. The number of alkyl carbamates (subject to hydrolysis) is 1. The van der Waals surface area contributed by atoms with Crippen LogP contribution in [0.2, 0.25) is 0 Å². The largest absolute Gasteiger partial charge is 0.445 e. The zero-order chi connectivity index (χ0) is 42.5. The molecule has 0 fully saturated rings. The van der Waals surface area contributed by atoms with Crippen molar-refractivity contribution in [3.8, 4) is 0 Å². The Morgan fingerprint density at radius 2 is 1.25 bits per heavy atom. The van der Waals surface area contributed by atoms with Crippen molar-refractivity contribution in [1.29, 1.82) is 5.41 Å². The minimum Gasteiger partial charge on any atom is -0.445 e. The van der Waals surface area contributed by atoms with E-state index in [0.717, 1.165) is 5.56 Å². The lowest BCUT2D eigenvalue weighted by Crippen LogP contribution is -2.58. The summed E-state index contributed by atoms with van der Waals surface area (Å²) in [6.07, 6.45) is -3.00. The van der Waals surface area contributed by atoms with Crippen molar-refractivity contribution >= 4 is 47.4 Å². The molecule has 0 bridgehead atoms. The molecular formula is C38H55N9O10. The van der Waals surface area contributed by atoms with Gasteiger partial charge in [-0.1, -0.05) is 74.5 Å². The van der Waals surface area contributed by atoms with Gasteiger partial charge in [-0.05, 0) is 49.7 Å². The van der Waals surface area contributed by atoms with Gasteiger partial charge in [0.05, 0.1) is 0 Å². The lowest BCUT2D eigenvalue weighted by atomic mass is 9.99. The number of ether oxygens (including phenoxy) is 1. The third-order valence-corrected chi connectivity index (χ3v) is 8.40. The van der Waals surface area contributed by atoms with E-state index in [1.807, 2.05) is 19.9 Å². The number of nitrogens with one attached hydrogen (secondary N) is 7. The highest BCUT2D eigenvalue weighted by atomic mass is 16.5. The van der Waals surface area contributed by atoms with Crippen LogP contribution in [0.4, 0.5) is 4.79 Å². The molecule has 19 heteroatoms. The van der Waals surface area contributed by atoms with Crippen LogP contribution in [0.15, 0.2) is 60.7 Å². The lowest BCUT2D eigenvalue weighted by Gasteiger charge is -2.25. The third-order valence-electron chi connectivity index (χ3n) is 8.40. The zero-order valence-electron chi connectivity index (χ0n) is 32.3. The average molecular weight is 798 g/mol. The SMILES string of the molecule is CC(C)CC(NC(=O)OCc1ccccc1)C(=O)NC(Cc1ccccc1)C(=O)C(=O)NC(C)C(=O)NC(CCC(O)O)C(=O)NC(CCCNC(=N)N)C(N)=O. The molecule has 5 atom stereocenters. The van der Waals surface area contributed by atoms with E-state index in [9.17, 15) is 43.8 Å². The van der Waals surface area contributed by atoms with Crippen molar-refractivity contribution < 1.29 is 48.5 Å². The van der Waals surface area contributed by atoms with E-state index in [1.165, 1.54) is 6.92 Å². The van der Waals surface area contributed by atoms with Crippen LogP contribution in [-0.2, 0) is 46.5 Å².